The van der Waals surface area contributed by atoms with E-state index in [-0.39, 0.29) is 5.91 Å². The van der Waals surface area contributed by atoms with Gasteiger partial charge in [-0.05, 0) is 81.5 Å². The van der Waals surface area contributed by atoms with Crippen molar-refractivity contribution in [2.75, 3.05) is 19.6 Å². The van der Waals surface area contributed by atoms with Gasteiger partial charge < -0.3 is 15.7 Å². The maximum Gasteiger partial charge on any atom is 0.252 e. The van der Waals surface area contributed by atoms with Crippen molar-refractivity contribution in [1.29, 1.82) is 0 Å². The van der Waals surface area contributed by atoms with E-state index in [1.165, 1.54) is 44.9 Å². The highest BCUT2D eigenvalue weighted by Gasteiger charge is 2.39. The number of carbonyl (C=O) groups excluding carboxylic acids is 1. The summed E-state index contributed by atoms with van der Waals surface area (Å²) in [5.41, 5.74) is 1.33. The zero-order valence-electron chi connectivity index (χ0n) is 18.0. The van der Waals surface area contributed by atoms with Crippen molar-refractivity contribution in [2.24, 2.45) is 11.3 Å². The molecule has 0 heterocycles. The summed E-state index contributed by atoms with van der Waals surface area (Å²) in [6.07, 6.45) is 10.9. The van der Waals surface area contributed by atoms with Gasteiger partial charge in [0.2, 0.25) is 0 Å². The second kappa shape index (κ2) is 9.80. The lowest BCUT2D eigenvalue weighted by molar-refractivity contribution is 0.0681. The molecule has 1 aromatic carbocycles. The SMILES string of the molecule is CC(C)(O)CNCCCc1ccc(Cl)c(C(=O)NCC23CCCC(CCC2)C3)c1. The van der Waals surface area contributed by atoms with Crippen molar-refractivity contribution < 1.29 is 9.90 Å². The van der Waals surface area contributed by atoms with Gasteiger partial charge in [-0.25, -0.2) is 0 Å². The van der Waals surface area contributed by atoms with Crippen LogP contribution in [-0.4, -0.2) is 36.2 Å². The summed E-state index contributed by atoms with van der Waals surface area (Å²) < 4.78 is 0. The van der Waals surface area contributed by atoms with Crippen LogP contribution in [0.25, 0.3) is 0 Å². The highest BCUT2D eigenvalue weighted by molar-refractivity contribution is 6.33. The summed E-state index contributed by atoms with van der Waals surface area (Å²) in [6, 6.07) is 5.78. The first-order valence-corrected chi connectivity index (χ1v) is 11.6. The third kappa shape index (κ3) is 6.70. The van der Waals surface area contributed by atoms with E-state index in [0.29, 0.717) is 22.5 Å². The third-order valence-electron chi connectivity index (χ3n) is 6.64. The lowest BCUT2D eigenvalue weighted by Crippen LogP contribution is -2.43. The summed E-state index contributed by atoms with van der Waals surface area (Å²) >= 11 is 6.35. The van der Waals surface area contributed by atoms with Crippen molar-refractivity contribution in [3.63, 3.8) is 0 Å². The van der Waals surface area contributed by atoms with Crippen LogP contribution >= 0.6 is 11.6 Å². The molecule has 2 fully saturated rings. The Morgan fingerprint density at radius 3 is 2.69 bits per heavy atom. The van der Waals surface area contributed by atoms with Gasteiger partial charge >= 0.3 is 0 Å². The molecule has 0 spiro atoms. The summed E-state index contributed by atoms with van der Waals surface area (Å²) in [4.78, 5) is 12.9. The molecule has 0 atom stereocenters. The van der Waals surface area contributed by atoms with Crippen LogP contribution in [0, 0.1) is 11.3 Å². The first-order valence-electron chi connectivity index (χ1n) is 11.3. The van der Waals surface area contributed by atoms with Crippen LogP contribution in [0.4, 0.5) is 0 Å². The molecule has 2 saturated carbocycles. The predicted octanol–water partition coefficient (Wildman–Crippen LogP) is 4.72. The van der Waals surface area contributed by atoms with E-state index in [0.717, 1.165) is 37.4 Å². The Hall–Kier alpha value is -1.10. The van der Waals surface area contributed by atoms with E-state index in [1.54, 1.807) is 13.8 Å². The molecule has 2 bridgehead atoms. The Labute approximate surface area is 180 Å². The van der Waals surface area contributed by atoms with Gasteiger partial charge in [-0.3, -0.25) is 4.79 Å². The smallest absolute Gasteiger partial charge is 0.252 e. The monoisotopic (exact) mass is 420 g/mol. The largest absolute Gasteiger partial charge is 0.389 e. The molecule has 3 N–H and O–H groups in total. The molecule has 3 rings (SSSR count). The van der Waals surface area contributed by atoms with Crippen LogP contribution in [-0.2, 0) is 6.42 Å². The number of carbonyl (C=O) groups is 1. The highest BCUT2D eigenvalue weighted by Crippen LogP contribution is 2.48. The van der Waals surface area contributed by atoms with Gasteiger partial charge in [-0.15, -0.1) is 0 Å². The maximum atomic E-state index is 12.9. The fraction of sp³-hybridized carbons (Fsp3) is 0.708. The van der Waals surface area contributed by atoms with E-state index < -0.39 is 5.60 Å². The summed E-state index contributed by atoms with van der Waals surface area (Å²) in [7, 11) is 0. The molecule has 0 aliphatic heterocycles. The molecule has 4 nitrogen and oxygen atoms in total. The molecular formula is C24H37ClN2O2. The molecule has 0 unspecified atom stereocenters. The number of halogens is 1. The molecule has 5 heteroatoms. The number of hydrogen-bond donors (Lipinski definition) is 3. The molecule has 0 radical (unpaired) electrons. The quantitative estimate of drug-likeness (QED) is 0.506. The van der Waals surface area contributed by atoms with Crippen LogP contribution in [0.1, 0.15) is 81.1 Å². The van der Waals surface area contributed by atoms with Crippen molar-refractivity contribution in [3.05, 3.63) is 34.3 Å². The Morgan fingerprint density at radius 2 is 2.00 bits per heavy atom. The summed E-state index contributed by atoms with van der Waals surface area (Å²) in [5, 5.41) is 16.7. The standard InChI is InChI=1S/C24H37ClN2O2/c1-23(2,29)16-26-13-5-8-18-9-10-21(25)20(14-18)22(28)27-17-24-11-3-6-19(15-24)7-4-12-24/h9-10,14,19,26,29H,3-8,11-13,15-17H2,1-2H3,(H,27,28). The lowest BCUT2D eigenvalue weighted by atomic mass is 9.62. The average molecular weight is 421 g/mol. The van der Waals surface area contributed by atoms with E-state index in [2.05, 4.69) is 10.6 Å². The van der Waals surface area contributed by atoms with Crippen molar-refractivity contribution in [2.45, 2.75) is 77.2 Å². The number of hydrogen-bond acceptors (Lipinski definition) is 3. The summed E-state index contributed by atoms with van der Waals surface area (Å²) in [6.45, 7) is 5.78. The Balaban J connectivity index is 1.51. The zero-order chi connectivity index (χ0) is 20.9. The zero-order valence-corrected chi connectivity index (χ0v) is 18.8. The number of aliphatic hydroxyl groups is 1. The fourth-order valence-corrected chi connectivity index (χ4v) is 5.35. The van der Waals surface area contributed by atoms with Crippen LogP contribution in [0.3, 0.4) is 0 Å². The Kier molecular flexibility index (Phi) is 7.63. The number of rotatable bonds is 9. The van der Waals surface area contributed by atoms with Gasteiger partial charge in [0.25, 0.3) is 5.91 Å². The molecule has 1 aromatic rings. The summed E-state index contributed by atoms with van der Waals surface area (Å²) in [5.74, 6) is 0.824. The molecule has 0 saturated heterocycles. The second-order valence-electron chi connectivity index (χ2n) is 9.94. The number of nitrogens with one attached hydrogen (secondary N) is 2. The van der Waals surface area contributed by atoms with Crippen molar-refractivity contribution >= 4 is 17.5 Å². The minimum absolute atomic E-state index is 0.0425. The van der Waals surface area contributed by atoms with E-state index in [4.69, 9.17) is 11.6 Å². The van der Waals surface area contributed by atoms with E-state index >= 15 is 0 Å². The van der Waals surface area contributed by atoms with Crippen molar-refractivity contribution in [3.8, 4) is 0 Å². The second-order valence-corrected chi connectivity index (χ2v) is 10.4. The fourth-order valence-electron chi connectivity index (χ4n) is 5.15. The van der Waals surface area contributed by atoms with Crippen LogP contribution in [0.5, 0.6) is 0 Å². The van der Waals surface area contributed by atoms with Crippen LogP contribution in [0.2, 0.25) is 5.02 Å². The number of aryl methyl sites for hydroxylation is 1. The lowest BCUT2D eigenvalue weighted by Gasteiger charge is -2.45. The number of fused-ring (bicyclic) bond motifs is 2. The third-order valence-corrected chi connectivity index (χ3v) is 6.97. The molecule has 1 amide bonds. The minimum Gasteiger partial charge on any atom is -0.389 e. The number of amides is 1. The van der Waals surface area contributed by atoms with Gasteiger partial charge in [0.15, 0.2) is 0 Å². The predicted molar refractivity (Wildman–Crippen MR) is 120 cm³/mol. The van der Waals surface area contributed by atoms with E-state index in [1.807, 2.05) is 18.2 Å². The van der Waals surface area contributed by atoms with Gasteiger partial charge in [-0.2, -0.15) is 0 Å². The molecule has 0 aromatic heterocycles. The topological polar surface area (TPSA) is 61.4 Å². The van der Waals surface area contributed by atoms with Crippen LogP contribution < -0.4 is 10.6 Å². The molecule has 2 aliphatic carbocycles. The van der Waals surface area contributed by atoms with Gasteiger partial charge in [0.05, 0.1) is 16.2 Å². The van der Waals surface area contributed by atoms with Gasteiger partial charge in [0.1, 0.15) is 0 Å². The normalized spacial score (nSPS) is 24.3. The first kappa shape index (κ1) is 22.6. The molecule has 2 aliphatic rings. The Bertz CT molecular complexity index is 689. The highest BCUT2D eigenvalue weighted by atomic mass is 35.5. The van der Waals surface area contributed by atoms with Gasteiger partial charge in [0, 0.05) is 13.1 Å². The molecule has 162 valence electrons. The molecule has 29 heavy (non-hydrogen) atoms. The minimum atomic E-state index is -0.693. The number of benzene rings is 1. The maximum absolute atomic E-state index is 12.9. The first-order chi connectivity index (χ1) is 13.8. The van der Waals surface area contributed by atoms with Gasteiger partial charge in [-0.1, -0.05) is 43.4 Å². The van der Waals surface area contributed by atoms with Crippen LogP contribution in [0.15, 0.2) is 18.2 Å². The Morgan fingerprint density at radius 1 is 1.28 bits per heavy atom. The van der Waals surface area contributed by atoms with Crippen molar-refractivity contribution in [1.82, 2.24) is 10.6 Å². The average Bonchev–Trinajstić information content (AvgIpc) is 2.66. The molecular weight excluding hydrogens is 384 g/mol. The van der Waals surface area contributed by atoms with E-state index in [9.17, 15) is 9.90 Å².